The monoisotopic (exact) mass is 331 g/mol. The van der Waals surface area contributed by atoms with E-state index in [9.17, 15) is 0 Å². The average molecular weight is 332 g/mol. The van der Waals surface area contributed by atoms with E-state index < -0.39 is 0 Å². The van der Waals surface area contributed by atoms with Gasteiger partial charge in [-0.15, -0.1) is 0 Å². The highest BCUT2D eigenvalue weighted by Crippen LogP contribution is 2.28. The molecule has 2 heterocycles. The maximum Gasteiger partial charge on any atom is 0.224 e. The first-order valence-corrected chi connectivity index (χ1v) is 9.62. The van der Waals surface area contributed by atoms with Crippen molar-refractivity contribution in [1.29, 1.82) is 0 Å². The molecule has 1 aromatic rings. The second-order valence-electron chi connectivity index (χ2n) is 7.73. The second kappa shape index (κ2) is 8.15. The zero-order chi connectivity index (χ0) is 16.9. The zero-order valence-corrected chi connectivity index (χ0v) is 15.6. The Hall–Kier alpha value is -1.36. The Morgan fingerprint density at radius 2 is 1.88 bits per heavy atom. The molecule has 1 N–H and O–H groups in total. The Bertz CT molecular complexity index is 516. The standard InChI is InChI=1S/C19H33N5/c1-15-14-21-19(22-18(15)23(2)3)20-11-8-16-9-12-24(13-10-16)17-6-4-5-7-17/h14,16-17H,4-13H2,1-3H3,(H,20,21,22). The number of hydrogen-bond acceptors (Lipinski definition) is 5. The summed E-state index contributed by atoms with van der Waals surface area (Å²) in [7, 11) is 4.05. The topological polar surface area (TPSA) is 44.3 Å². The van der Waals surface area contributed by atoms with Gasteiger partial charge in [-0.25, -0.2) is 4.98 Å². The predicted octanol–water partition coefficient (Wildman–Crippen LogP) is 3.31. The third kappa shape index (κ3) is 4.38. The molecule has 3 rings (SSSR count). The van der Waals surface area contributed by atoms with Gasteiger partial charge in [-0.05, 0) is 58.0 Å². The number of aryl methyl sites for hydroxylation is 1. The Labute approximate surface area is 146 Å². The smallest absolute Gasteiger partial charge is 0.224 e. The van der Waals surface area contributed by atoms with Crippen molar-refractivity contribution in [3.8, 4) is 0 Å². The van der Waals surface area contributed by atoms with Gasteiger partial charge in [0.15, 0.2) is 0 Å². The van der Waals surface area contributed by atoms with Crippen LogP contribution in [0.5, 0.6) is 0 Å². The summed E-state index contributed by atoms with van der Waals surface area (Å²) >= 11 is 0. The van der Waals surface area contributed by atoms with Gasteiger partial charge in [-0.2, -0.15) is 4.98 Å². The van der Waals surface area contributed by atoms with Gasteiger partial charge < -0.3 is 15.1 Å². The van der Waals surface area contributed by atoms with Gasteiger partial charge in [0.1, 0.15) is 5.82 Å². The van der Waals surface area contributed by atoms with E-state index in [1.165, 1.54) is 58.0 Å². The van der Waals surface area contributed by atoms with Crippen LogP contribution in [0.3, 0.4) is 0 Å². The summed E-state index contributed by atoms with van der Waals surface area (Å²) in [6, 6.07) is 0.898. The Balaban J connectivity index is 1.40. The number of nitrogens with zero attached hydrogens (tertiary/aromatic N) is 4. The lowest BCUT2D eigenvalue weighted by atomic mass is 9.92. The van der Waals surface area contributed by atoms with Crippen molar-refractivity contribution < 1.29 is 0 Å². The molecular formula is C19H33N5. The summed E-state index contributed by atoms with van der Waals surface area (Å²) in [6.45, 7) is 5.64. The van der Waals surface area contributed by atoms with Gasteiger partial charge in [-0.1, -0.05) is 12.8 Å². The van der Waals surface area contributed by atoms with Gasteiger partial charge in [0.05, 0.1) is 0 Å². The molecule has 1 aromatic heterocycles. The van der Waals surface area contributed by atoms with Crippen LogP contribution < -0.4 is 10.2 Å². The molecule has 2 aliphatic rings. The van der Waals surface area contributed by atoms with E-state index in [0.29, 0.717) is 0 Å². The number of aromatic nitrogens is 2. The van der Waals surface area contributed by atoms with Crippen molar-refractivity contribution in [3.63, 3.8) is 0 Å². The van der Waals surface area contributed by atoms with Crippen LogP contribution in [-0.4, -0.2) is 54.6 Å². The number of hydrogen-bond donors (Lipinski definition) is 1. The maximum atomic E-state index is 4.61. The van der Waals surface area contributed by atoms with E-state index >= 15 is 0 Å². The van der Waals surface area contributed by atoms with Crippen molar-refractivity contribution in [2.24, 2.45) is 5.92 Å². The Morgan fingerprint density at radius 1 is 1.17 bits per heavy atom. The molecule has 2 fully saturated rings. The summed E-state index contributed by atoms with van der Waals surface area (Å²) in [5.41, 5.74) is 1.12. The molecule has 0 atom stereocenters. The fourth-order valence-electron chi connectivity index (χ4n) is 4.24. The summed E-state index contributed by atoms with van der Waals surface area (Å²) in [6.07, 6.45) is 11.6. The molecule has 24 heavy (non-hydrogen) atoms. The van der Waals surface area contributed by atoms with E-state index in [2.05, 4.69) is 27.1 Å². The summed E-state index contributed by atoms with van der Waals surface area (Å²) in [5.74, 6) is 2.61. The molecule has 0 unspecified atom stereocenters. The van der Waals surface area contributed by atoms with Crippen LogP contribution in [-0.2, 0) is 0 Å². The van der Waals surface area contributed by atoms with Crippen molar-refractivity contribution in [1.82, 2.24) is 14.9 Å². The van der Waals surface area contributed by atoms with Crippen molar-refractivity contribution in [3.05, 3.63) is 11.8 Å². The normalized spacial score (nSPS) is 20.5. The summed E-state index contributed by atoms with van der Waals surface area (Å²) in [4.78, 5) is 13.8. The lowest BCUT2D eigenvalue weighted by molar-refractivity contribution is 0.132. The van der Waals surface area contributed by atoms with Crippen LogP contribution >= 0.6 is 0 Å². The highest BCUT2D eigenvalue weighted by Gasteiger charge is 2.26. The molecule has 5 nitrogen and oxygen atoms in total. The molecule has 5 heteroatoms. The van der Waals surface area contributed by atoms with Gasteiger partial charge >= 0.3 is 0 Å². The average Bonchev–Trinajstić information content (AvgIpc) is 3.11. The van der Waals surface area contributed by atoms with Crippen LogP contribution in [0.15, 0.2) is 6.20 Å². The minimum atomic E-state index is 0.757. The van der Waals surface area contributed by atoms with E-state index in [1.807, 2.05) is 25.2 Å². The van der Waals surface area contributed by atoms with Gasteiger partial charge in [0, 0.05) is 38.4 Å². The Morgan fingerprint density at radius 3 is 2.54 bits per heavy atom. The highest BCUT2D eigenvalue weighted by atomic mass is 15.2. The van der Waals surface area contributed by atoms with E-state index in [-0.39, 0.29) is 0 Å². The van der Waals surface area contributed by atoms with Crippen LogP contribution in [0.4, 0.5) is 11.8 Å². The van der Waals surface area contributed by atoms with Crippen LogP contribution in [0, 0.1) is 12.8 Å². The van der Waals surface area contributed by atoms with E-state index in [1.54, 1.807) is 0 Å². The number of likely N-dealkylation sites (tertiary alicyclic amines) is 1. The van der Waals surface area contributed by atoms with Crippen molar-refractivity contribution in [2.45, 2.75) is 57.9 Å². The molecule has 134 valence electrons. The van der Waals surface area contributed by atoms with Crippen LogP contribution in [0.25, 0.3) is 0 Å². The minimum Gasteiger partial charge on any atom is -0.362 e. The molecule has 0 spiro atoms. The van der Waals surface area contributed by atoms with E-state index in [4.69, 9.17) is 0 Å². The number of rotatable bonds is 6. The quantitative estimate of drug-likeness (QED) is 0.866. The minimum absolute atomic E-state index is 0.757. The lowest BCUT2D eigenvalue weighted by Gasteiger charge is -2.36. The summed E-state index contributed by atoms with van der Waals surface area (Å²) in [5, 5.41) is 3.42. The lowest BCUT2D eigenvalue weighted by Crippen LogP contribution is -2.40. The molecule has 0 aromatic carbocycles. The third-order valence-electron chi connectivity index (χ3n) is 5.69. The van der Waals surface area contributed by atoms with Gasteiger partial charge in [0.25, 0.3) is 0 Å². The summed E-state index contributed by atoms with van der Waals surface area (Å²) < 4.78 is 0. The fourth-order valence-corrected chi connectivity index (χ4v) is 4.24. The third-order valence-corrected chi connectivity index (χ3v) is 5.69. The SMILES string of the molecule is Cc1cnc(NCCC2CCN(C3CCCC3)CC2)nc1N(C)C. The van der Waals surface area contributed by atoms with Gasteiger partial charge in [0.2, 0.25) is 5.95 Å². The van der Waals surface area contributed by atoms with E-state index in [0.717, 1.165) is 35.8 Å². The molecule has 1 aliphatic carbocycles. The first-order chi connectivity index (χ1) is 11.6. The van der Waals surface area contributed by atoms with Crippen molar-refractivity contribution in [2.75, 3.05) is 43.9 Å². The molecule has 1 aliphatic heterocycles. The fraction of sp³-hybridized carbons (Fsp3) is 0.789. The maximum absolute atomic E-state index is 4.61. The molecule has 1 saturated carbocycles. The number of nitrogens with one attached hydrogen (secondary N) is 1. The predicted molar refractivity (Wildman–Crippen MR) is 101 cm³/mol. The first kappa shape index (κ1) is 17.5. The number of piperidine rings is 1. The molecule has 0 radical (unpaired) electrons. The zero-order valence-electron chi connectivity index (χ0n) is 15.6. The van der Waals surface area contributed by atoms with Crippen LogP contribution in [0.1, 0.15) is 50.5 Å². The molecular weight excluding hydrogens is 298 g/mol. The molecule has 0 amide bonds. The molecule has 0 bridgehead atoms. The van der Waals surface area contributed by atoms with Crippen molar-refractivity contribution >= 4 is 11.8 Å². The van der Waals surface area contributed by atoms with Gasteiger partial charge in [-0.3, -0.25) is 0 Å². The largest absolute Gasteiger partial charge is 0.362 e. The second-order valence-corrected chi connectivity index (χ2v) is 7.73. The highest BCUT2D eigenvalue weighted by molar-refractivity contribution is 5.47. The first-order valence-electron chi connectivity index (χ1n) is 9.62. The number of anilines is 2. The van der Waals surface area contributed by atoms with Crippen LogP contribution in [0.2, 0.25) is 0 Å². The Kier molecular flexibility index (Phi) is 5.93. The molecule has 1 saturated heterocycles.